The van der Waals surface area contributed by atoms with E-state index in [0.717, 1.165) is 12.5 Å². The first-order valence-corrected chi connectivity index (χ1v) is 6.06. The van der Waals surface area contributed by atoms with Gasteiger partial charge in [-0.1, -0.05) is 13.0 Å². The first-order valence-electron chi connectivity index (χ1n) is 6.06. The molecule has 0 fully saturated rings. The van der Waals surface area contributed by atoms with E-state index in [1.807, 2.05) is 6.92 Å². The molecule has 0 aliphatic rings. The topological polar surface area (TPSA) is 34.9 Å². The summed E-state index contributed by atoms with van der Waals surface area (Å²) in [5.41, 5.74) is -0.0846. The van der Waals surface area contributed by atoms with Crippen LogP contribution < -0.4 is 0 Å². The Balaban J connectivity index is 2.41. The number of carbonyl (C=O) groups excluding carboxylic acids is 1. The van der Waals surface area contributed by atoms with Crippen LogP contribution in [0.15, 0.2) is 24.5 Å². The minimum absolute atomic E-state index is 0.192. The fraction of sp³-hybridized carbons (Fsp3) is 0.286. The molecule has 3 nitrogen and oxygen atoms in total. The third-order valence-corrected chi connectivity index (χ3v) is 2.86. The van der Waals surface area contributed by atoms with Crippen molar-refractivity contribution in [3.63, 3.8) is 0 Å². The summed E-state index contributed by atoms with van der Waals surface area (Å²) in [6, 6.07) is 2.41. The summed E-state index contributed by atoms with van der Waals surface area (Å²) in [7, 11) is 0. The summed E-state index contributed by atoms with van der Waals surface area (Å²) in [5.74, 6) is -2.34. The molecule has 0 saturated heterocycles. The number of aryl methyl sites for hydroxylation is 2. The molecule has 0 atom stereocenters. The number of benzene rings is 1. The monoisotopic (exact) mass is 264 g/mol. The molecular formula is C14H14F2N2O. The average molecular weight is 264 g/mol. The highest BCUT2D eigenvalue weighted by molar-refractivity contribution is 6.09. The fourth-order valence-corrected chi connectivity index (χ4v) is 1.84. The van der Waals surface area contributed by atoms with Gasteiger partial charge >= 0.3 is 0 Å². The lowest BCUT2D eigenvalue weighted by molar-refractivity contribution is 0.103. The second-order valence-corrected chi connectivity index (χ2v) is 4.37. The molecule has 0 aliphatic heterocycles. The van der Waals surface area contributed by atoms with Gasteiger partial charge < -0.3 is 0 Å². The highest BCUT2D eigenvalue weighted by Crippen LogP contribution is 2.19. The second kappa shape index (κ2) is 5.30. The van der Waals surface area contributed by atoms with Gasteiger partial charge in [0.15, 0.2) is 0 Å². The standard InChI is InChI=1S/C14H14F2N2O/c1-3-6-18-8-10(7-17-18)14(19)12-11(15)5-4-9(2)13(12)16/h4-5,7-8H,3,6H2,1-2H3. The van der Waals surface area contributed by atoms with Gasteiger partial charge in [0.1, 0.15) is 11.6 Å². The smallest absolute Gasteiger partial charge is 0.202 e. The van der Waals surface area contributed by atoms with E-state index in [4.69, 9.17) is 0 Å². The number of nitrogens with zero attached hydrogens (tertiary/aromatic N) is 2. The molecule has 0 unspecified atom stereocenters. The van der Waals surface area contributed by atoms with E-state index < -0.39 is 23.0 Å². The van der Waals surface area contributed by atoms with Crippen LogP contribution in [0.1, 0.15) is 34.8 Å². The Morgan fingerprint density at radius 3 is 2.79 bits per heavy atom. The summed E-state index contributed by atoms with van der Waals surface area (Å²) < 4.78 is 29.1. The molecule has 19 heavy (non-hydrogen) atoms. The highest BCUT2D eigenvalue weighted by atomic mass is 19.1. The minimum atomic E-state index is -0.851. The lowest BCUT2D eigenvalue weighted by Gasteiger charge is -2.04. The Kier molecular flexibility index (Phi) is 3.74. The van der Waals surface area contributed by atoms with Gasteiger partial charge in [-0.25, -0.2) is 8.78 Å². The molecule has 0 spiro atoms. The number of hydrogen-bond donors (Lipinski definition) is 0. The number of halogens is 2. The maximum absolute atomic E-state index is 13.9. The third-order valence-electron chi connectivity index (χ3n) is 2.86. The molecule has 1 aromatic carbocycles. The quantitative estimate of drug-likeness (QED) is 0.795. The van der Waals surface area contributed by atoms with Crippen LogP contribution in [0.5, 0.6) is 0 Å². The number of carbonyl (C=O) groups is 1. The predicted molar refractivity (Wildman–Crippen MR) is 67.0 cm³/mol. The molecule has 0 saturated carbocycles. The molecule has 1 heterocycles. The van der Waals surface area contributed by atoms with Crippen molar-refractivity contribution in [3.8, 4) is 0 Å². The van der Waals surface area contributed by atoms with Crippen molar-refractivity contribution >= 4 is 5.78 Å². The van der Waals surface area contributed by atoms with Crippen LogP contribution in [0, 0.1) is 18.6 Å². The number of rotatable bonds is 4. The Hall–Kier alpha value is -2.04. The molecule has 2 rings (SSSR count). The van der Waals surface area contributed by atoms with Gasteiger partial charge in [-0.05, 0) is 25.0 Å². The molecule has 0 radical (unpaired) electrons. The van der Waals surface area contributed by atoms with Gasteiger partial charge in [-0.15, -0.1) is 0 Å². The number of hydrogen-bond acceptors (Lipinski definition) is 2. The molecule has 0 aliphatic carbocycles. The highest BCUT2D eigenvalue weighted by Gasteiger charge is 2.21. The zero-order valence-corrected chi connectivity index (χ0v) is 10.8. The first kappa shape index (κ1) is 13.4. The van der Waals surface area contributed by atoms with E-state index in [1.165, 1.54) is 25.4 Å². The van der Waals surface area contributed by atoms with Crippen LogP contribution in [-0.4, -0.2) is 15.6 Å². The molecule has 5 heteroatoms. The van der Waals surface area contributed by atoms with E-state index in [1.54, 1.807) is 4.68 Å². The van der Waals surface area contributed by atoms with Gasteiger partial charge in [0.25, 0.3) is 0 Å². The van der Waals surface area contributed by atoms with Crippen molar-refractivity contribution in [2.45, 2.75) is 26.8 Å². The predicted octanol–water partition coefficient (Wildman–Crippen LogP) is 3.11. The van der Waals surface area contributed by atoms with Crippen LogP contribution in [-0.2, 0) is 6.54 Å². The van der Waals surface area contributed by atoms with Crippen molar-refractivity contribution in [1.82, 2.24) is 9.78 Å². The Bertz CT molecular complexity index is 620. The summed E-state index contributed by atoms with van der Waals surface area (Å²) in [4.78, 5) is 12.1. The molecule has 0 bridgehead atoms. The Morgan fingerprint density at radius 1 is 1.37 bits per heavy atom. The molecule has 100 valence electrons. The Labute approximate surface area is 109 Å². The van der Waals surface area contributed by atoms with Gasteiger partial charge in [0.05, 0.1) is 17.3 Å². The van der Waals surface area contributed by atoms with Crippen molar-refractivity contribution in [2.24, 2.45) is 0 Å². The molecule has 0 amide bonds. The van der Waals surface area contributed by atoms with E-state index >= 15 is 0 Å². The van der Waals surface area contributed by atoms with Gasteiger partial charge in [0.2, 0.25) is 5.78 Å². The van der Waals surface area contributed by atoms with Gasteiger partial charge in [-0.2, -0.15) is 5.10 Å². The fourth-order valence-electron chi connectivity index (χ4n) is 1.84. The average Bonchev–Trinajstić information content (AvgIpc) is 2.83. The lowest BCUT2D eigenvalue weighted by Crippen LogP contribution is -2.08. The van der Waals surface area contributed by atoms with Crippen molar-refractivity contribution < 1.29 is 13.6 Å². The van der Waals surface area contributed by atoms with E-state index in [2.05, 4.69) is 5.10 Å². The van der Waals surface area contributed by atoms with E-state index in [-0.39, 0.29) is 11.1 Å². The number of aromatic nitrogens is 2. The maximum Gasteiger partial charge on any atom is 0.202 e. The largest absolute Gasteiger partial charge is 0.288 e. The van der Waals surface area contributed by atoms with Gasteiger partial charge in [0, 0.05) is 12.7 Å². The van der Waals surface area contributed by atoms with Crippen LogP contribution >= 0.6 is 0 Å². The third kappa shape index (κ3) is 2.54. The number of ketones is 1. The molecule has 2 aromatic rings. The zero-order valence-electron chi connectivity index (χ0n) is 10.8. The van der Waals surface area contributed by atoms with Crippen LogP contribution in [0.4, 0.5) is 8.78 Å². The van der Waals surface area contributed by atoms with E-state index in [9.17, 15) is 13.6 Å². The van der Waals surface area contributed by atoms with Crippen LogP contribution in [0.25, 0.3) is 0 Å². The summed E-state index contributed by atoms with van der Waals surface area (Å²) in [6.45, 7) is 4.13. The summed E-state index contributed by atoms with van der Waals surface area (Å²) in [6.07, 6.45) is 3.70. The Morgan fingerprint density at radius 2 is 2.11 bits per heavy atom. The van der Waals surface area contributed by atoms with Gasteiger partial charge in [-0.3, -0.25) is 9.48 Å². The maximum atomic E-state index is 13.9. The molecular weight excluding hydrogens is 250 g/mol. The van der Waals surface area contributed by atoms with Crippen molar-refractivity contribution in [2.75, 3.05) is 0 Å². The zero-order chi connectivity index (χ0) is 14.0. The lowest BCUT2D eigenvalue weighted by atomic mass is 10.0. The normalized spacial score (nSPS) is 10.7. The first-order chi connectivity index (χ1) is 9.04. The van der Waals surface area contributed by atoms with Crippen molar-refractivity contribution in [3.05, 3.63) is 52.9 Å². The minimum Gasteiger partial charge on any atom is -0.288 e. The van der Waals surface area contributed by atoms with Crippen molar-refractivity contribution in [1.29, 1.82) is 0 Å². The summed E-state index contributed by atoms with van der Waals surface area (Å²) >= 11 is 0. The van der Waals surface area contributed by atoms with Crippen LogP contribution in [0.3, 0.4) is 0 Å². The molecule has 1 aromatic heterocycles. The SMILES string of the molecule is CCCn1cc(C(=O)c2c(F)ccc(C)c2F)cn1. The van der Waals surface area contributed by atoms with Crippen LogP contribution in [0.2, 0.25) is 0 Å². The molecule has 0 N–H and O–H groups in total. The summed E-state index contributed by atoms with van der Waals surface area (Å²) in [5, 5.41) is 3.99. The van der Waals surface area contributed by atoms with E-state index in [0.29, 0.717) is 6.54 Å². The second-order valence-electron chi connectivity index (χ2n) is 4.37.